The van der Waals surface area contributed by atoms with E-state index in [0.717, 1.165) is 0 Å². The van der Waals surface area contributed by atoms with E-state index < -0.39 is 11.5 Å². The second-order valence-electron chi connectivity index (χ2n) is 6.80. The molecule has 0 saturated heterocycles. The zero-order valence-electron chi connectivity index (χ0n) is 18.4. The first-order chi connectivity index (χ1) is 16.4. The normalized spacial score (nSPS) is 10.0. The molecular formula is C24H20N4O6. The Balaban J connectivity index is 1.78. The molecule has 172 valence electrons. The number of nitrogens with one attached hydrogen (secondary N) is 1. The summed E-state index contributed by atoms with van der Waals surface area (Å²) < 4.78 is 21.4. The van der Waals surface area contributed by atoms with E-state index >= 15 is 0 Å². The smallest absolute Gasteiger partial charge is 0.337 e. The Morgan fingerprint density at radius 2 is 1.74 bits per heavy atom. The summed E-state index contributed by atoms with van der Waals surface area (Å²) >= 11 is 0. The molecule has 34 heavy (non-hydrogen) atoms. The summed E-state index contributed by atoms with van der Waals surface area (Å²) in [6.07, 6.45) is 0. The molecule has 1 aromatic heterocycles. The molecule has 3 N–H and O–H groups in total. The van der Waals surface area contributed by atoms with Crippen LogP contribution in [0.25, 0.3) is 11.1 Å². The summed E-state index contributed by atoms with van der Waals surface area (Å²) in [5.74, 6) is 0.584. The van der Waals surface area contributed by atoms with E-state index in [0.29, 0.717) is 28.4 Å². The van der Waals surface area contributed by atoms with Crippen LogP contribution in [-0.2, 0) is 4.74 Å². The number of aromatic nitrogens is 1. The minimum atomic E-state index is -0.693. The first-order valence-electron chi connectivity index (χ1n) is 9.91. The van der Waals surface area contributed by atoms with Gasteiger partial charge in [0.2, 0.25) is 0 Å². The SMILES string of the molecule is COC(=O)c1cccc(OCCOc2ccc(-c3c(C#N)c(N)[nH]c(=O)c3C#N)cc2OC)c1. The third-order valence-corrected chi connectivity index (χ3v) is 4.79. The van der Waals surface area contributed by atoms with E-state index in [1.54, 1.807) is 42.5 Å². The maximum atomic E-state index is 12.2. The van der Waals surface area contributed by atoms with Gasteiger partial charge in [-0.2, -0.15) is 10.5 Å². The van der Waals surface area contributed by atoms with Gasteiger partial charge in [0.25, 0.3) is 5.56 Å². The third kappa shape index (κ3) is 4.92. The number of nitrogens with two attached hydrogens (primary N) is 1. The number of hydrogen-bond donors (Lipinski definition) is 2. The summed E-state index contributed by atoms with van der Waals surface area (Å²) in [5, 5.41) is 18.9. The van der Waals surface area contributed by atoms with Gasteiger partial charge in [-0.1, -0.05) is 12.1 Å². The van der Waals surface area contributed by atoms with Gasteiger partial charge in [-0.15, -0.1) is 0 Å². The standard InChI is InChI=1S/C24H20N4O6/c1-31-20-11-14(21-17(12-25)22(27)28-23(29)18(21)13-26)6-7-19(20)34-9-8-33-16-5-3-4-15(10-16)24(30)32-2/h3-7,10-11H,8-9H2,1-2H3,(H3,27,28,29). The minimum Gasteiger partial charge on any atom is -0.493 e. The zero-order valence-corrected chi connectivity index (χ0v) is 18.4. The second-order valence-corrected chi connectivity index (χ2v) is 6.80. The monoisotopic (exact) mass is 460 g/mol. The highest BCUT2D eigenvalue weighted by Gasteiger charge is 2.19. The van der Waals surface area contributed by atoms with Crippen LogP contribution in [0.3, 0.4) is 0 Å². The number of hydrogen-bond acceptors (Lipinski definition) is 9. The number of esters is 1. The topological polar surface area (TPSA) is 160 Å². The van der Waals surface area contributed by atoms with Crippen molar-refractivity contribution in [3.63, 3.8) is 0 Å². The van der Waals surface area contributed by atoms with Gasteiger partial charge in [-0.25, -0.2) is 4.79 Å². The zero-order chi connectivity index (χ0) is 24.7. The van der Waals surface area contributed by atoms with Crippen molar-refractivity contribution in [3.05, 3.63) is 69.5 Å². The maximum absolute atomic E-state index is 12.2. The number of ether oxygens (including phenoxy) is 4. The maximum Gasteiger partial charge on any atom is 0.337 e. The number of carbonyl (C=O) groups is 1. The highest BCUT2D eigenvalue weighted by atomic mass is 16.5. The van der Waals surface area contributed by atoms with Crippen molar-refractivity contribution in [2.75, 3.05) is 33.2 Å². The Bertz CT molecular complexity index is 1370. The average molecular weight is 460 g/mol. The first kappa shape index (κ1) is 23.7. The van der Waals surface area contributed by atoms with Crippen molar-refractivity contribution >= 4 is 11.8 Å². The Morgan fingerprint density at radius 3 is 2.41 bits per heavy atom. The Kier molecular flexibility index (Phi) is 7.37. The highest BCUT2D eigenvalue weighted by molar-refractivity contribution is 5.89. The van der Waals surface area contributed by atoms with Gasteiger partial charge in [-0.05, 0) is 35.9 Å². The van der Waals surface area contributed by atoms with Gasteiger partial charge in [0.15, 0.2) is 11.5 Å². The highest BCUT2D eigenvalue weighted by Crippen LogP contribution is 2.35. The molecule has 0 aliphatic rings. The molecular weight excluding hydrogens is 440 g/mol. The number of carbonyl (C=O) groups excluding carboxylic acids is 1. The molecule has 0 atom stereocenters. The lowest BCUT2D eigenvalue weighted by molar-refractivity contribution is 0.0600. The van der Waals surface area contributed by atoms with E-state index in [4.69, 9.17) is 19.9 Å². The molecule has 0 radical (unpaired) electrons. The van der Waals surface area contributed by atoms with Crippen molar-refractivity contribution in [1.29, 1.82) is 10.5 Å². The van der Waals surface area contributed by atoms with Crippen LogP contribution in [0.1, 0.15) is 21.5 Å². The van der Waals surface area contributed by atoms with Gasteiger partial charge in [-0.3, -0.25) is 4.79 Å². The number of nitrogen functional groups attached to an aromatic ring is 1. The predicted molar refractivity (Wildman–Crippen MR) is 122 cm³/mol. The van der Waals surface area contributed by atoms with Crippen LogP contribution < -0.4 is 25.5 Å². The Hall–Kier alpha value is -4.96. The second kappa shape index (κ2) is 10.6. The lowest BCUT2D eigenvalue weighted by Crippen LogP contribution is -2.16. The molecule has 0 fully saturated rings. The fraction of sp³-hybridized carbons (Fsp3) is 0.167. The number of rotatable bonds is 8. The van der Waals surface area contributed by atoms with Crippen molar-refractivity contribution in [2.24, 2.45) is 0 Å². The third-order valence-electron chi connectivity index (χ3n) is 4.79. The van der Waals surface area contributed by atoms with Crippen LogP contribution in [0.2, 0.25) is 0 Å². The fourth-order valence-corrected chi connectivity index (χ4v) is 3.22. The summed E-state index contributed by atoms with van der Waals surface area (Å²) in [7, 11) is 2.73. The molecule has 0 unspecified atom stereocenters. The summed E-state index contributed by atoms with van der Waals surface area (Å²) in [6.45, 7) is 0.334. The number of benzene rings is 2. The molecule has 3 rings (SSSR count). The van der Waals surface area contributed by atoms with E-state index in [1.165, 1.54) is 14.2 Å². The number of methoxy groups -OCH3 is 2. The van der Waals surface area contributed by atoms with Crippen LogP contribution >= 0.6 is 0 Å². The largest absolute Gasteiger partial charge is 0.493 e. The predicted octanol–water partition coefficient (Wildman–Crippen LogP) is 2.62. The number of H-pyrrole nitrogens is 1. The molecule has 10 nitrogen and oxygen atoms in total. The van der Waals surface area contributed by atoms with Crippen LogP contribution in [0.4, 0.5) is 5.82 Å². The molecule has 0 saturated carbocycles. The van der Waals surface area contributed by atoms with E-state index in [2.05, 4.69) is 9.72 Å². The number of pyridine rings is 1. The molecule has 3 aromatic rings. The molecule has 1 heterocycles. The lowest BCUT2D eigenvalue weighted by Gasteiger charge is -2.14. The number of aromatic amines is 1. The van der Waals surface area contributed by atoms with Crippen LogP contribution in [0.5, 0.6) is 17.2 Å². The summed E-state index contributed by atoms with van der Waals surface area (Å²) in [6, 6.07) is 15.0. The van der Waals surface area contributed by atoms with Gasteiger partial charge < -0.3 is 29.7 Å². The first-order valence-corrected chi connectivity index (χ1v) is 9.91. The quantitative estimate of drug-likeness (QED) is 0.380. The van der Waals surface area contributed by atoms with Crippen LogP contribution in [0, 0.1) is 22.7 Å². The molecule has 0 bridgehead atoms. The van der Waals surface area contributed by atoms with Crippen molar-refractivity contribution < 1.29 is 23.7 Å². The van der Waals surface area contributed by atoms with Crippen molar-refractivity contribution in [3.8, 4) is 40.5 Å². The van der Waals surface area contributed by atoms with Crippen molar-refractivity contribution in [2.45, 2.75) is 0 Å². The number of anilines is 1. The number of nitriles is 2. The summed E-state index contributed by atoms with van der Waals surface area (Å²) in [4.78, 5) is 26.1. The molecule has 0 aliphatic heterocycles. The molecule has 2 aromatic carbocycles. The van der Waals surface area contributed by atoms with Gasteiger partial charge in [0, 0.05) is 5.56 Å². The molecule has 0 spiro atoms. The van der Waals surface area contributed by atoms with E-state index in [1.807, 2.05) is 12.1 Å². The molecule has 0 amide bonds. The molecule has 0 aliphatic carbocycles. The van der Waals surface area contributed by atoms with Crippen LogP contribution in [-0.4, -0.2) is 38.4 Å². The van der Waals surface area contributed by atoms with E-state index in [-0.39, 0.29) is 35.7 Å². The fourth-order valence-electron chi connectivity index (χ4n) is 3.22. The Labute approximate surface area is 194 Å². The van der Waals surface area contributed by atoms with Crippen molar-refractivity contribution in [1.82, 2.24) is 4.98 Å². The van der Waals surface area contributed by atoms with Crippen LogP contribution in [0.15, 0.2) is 47.3 Å². The van der Waals surface area contributed by atoms with Gasteiger partial charge in [0.05, 0.1) is 19.8 Å². The Morgan fingerprint density at radius 1 is 1.00 bits per heavy atom. The summed E-state index contributed by atoms with van der Waals surface area (Å²) in [5.41, 5.74) is 5.71. The lowest BCUT2D eigenvalue weighted by atomic mass is 9.96. The van der Waals surface area contributed by atoms with Gasteiger partial charge in [0.1, 0.15) is 48.0 Å². The minimum absolute atomic E-state index is 0.0190. The molecule has 10 heteroatoms. The average Bonchev–Trinajstić information content (AvgIpc) is 2.86. The number of nitrogens with zero attached hydrogens (tertiary/aromatic N) is 2. The van der Waals surface area contributed by atoms with Gasteiger partial charge >= 0.3 is 5.97 Å². The van der Waals surface area contributed by atoms with E-state index in [9.17, 15) is 20.1 Å².